The molecule has 0 aromatic heterocycles. The van der Waals surface area contributed by atoms with E-state index in [1.807, 2.05) is 0 Å². The van der Waals surface area contributed by atoms with Crippen molar-refractivity contribution in [2.24, 2.45) is 0 Å². The lowest BCUT2D eigenvalue weighted by atomic mass is 9.98. The number of aliphatic hydroxyl groups excluding tert-OH is 2. The van der Waals surface area contributed by atoms with Crippen LogP contribution in [0.15, 0.2) is 72.9 Å². The van der Waals surface area contributed by atoms with Gasteiger partial charge in [0.2, 0.25) is 0 Å². The second kappa shape index (κ2) is 52.8. The van der Waals surface area contributed by atoms with Gasteiger partial charge in [-0.15, -0.1) is 0 Å². The van der Waals surface area contributed by atoms with E-state index in [4.69, 9.17) is 23.7 Å². The molecule has 6 atom stereocenters. The first kappa shape index (κ1) is 71.2. The highest BCUT2D eigenvalue weighted by molar-refractivity contribution is 5.74. The molecule has 0 saturated carbocycles. The predicted molar refractivity (Wildman–Crippen MR) is 312 cm³/mol. The first-order valence-electron chi connectivity index (χ1n) is 30.9. The van der Waals surface area contributed by atoms with Gasteiger partial charge in [0.25, 0.3) is 0 Å². The molecule has 1 fully saturated rings. The Morgan fingerprint density at radius 1 is 0.442 bits per heavy atom. The normalized spacial score (nSPS) is 18.5. The molecule has 0 aromatic carbocycles. The number of esters is 3. The lowest BCUT2D eigenvalue weighted by Crippen LogP contribution is -2.61. The van der Waals surface area contributed by atoms with E-state index in [-0.39, 0.29) is 25.9 Å². The summed E-state index contributed by atoms with van der Waals surface area (Å²) in [5.74, 6) is -3.14. The Morgan fingerprint density at radius 3 is 1.30 bits per heavy atom. The van der Waals surface area contributed by atoms with E-state index in [1.54, 1.807) is 0 Å². The maximum absolute atomic E-state index is 13.1. The van der Waals surface area contributed by atoms with Gasteiger partial charge in [0, 0.05) is 19.3 Å². The van der Waals surface area contributed by atoms with Crippen LogP contribution in [0.1, 0.15) is 265 Å². The van der Waals surface area contributed by atoms with E-state index in [2.05, 4.69) is 93.7 Å². The van der Waals surface area contributed by atoms with Gasteiger partial charge in [-0.2, -0.15) is 0 Å². The lowest BCUT2D eigenvalue weighted by Gasteiger charge is -2.40. The maximum Gasteiger partial charge on any atom is 0.335 e. The number of carboxylic acids is 1. The van der Waals surface area contributed by atoms with Crippen LogP contribution in [0.25, 0.3) is 0 Å². The van der Waals surface area contributed by atoms with Crippen molar-refractivity contribution in [3.05, 3.63) is 72.9 Å². The molecule has 1 rings (SSSR count). The molecule has 0 amide bonds. The predicted octanol–water partition coefficient (Wildman–Crippen LogP) is 16.1. The van der Waals surface area contributed by atoms with E-state index in [9.17, 15) is 34.5 Å². The van der Waals surface area contributed by atoms with Crippen molar-refractivity contribution < 1.29 is 58.2 Å². The number of rotatable bonds is 52. The van der Waals surface area contributed by atoms with Crippen molar-refractivity contribution in [3.8, 4) is 0 Å². The van der Waals surface area contributed by atoms with Crippen LogP contribution < -0.4 is 0 Å². The smallest absolute Gasteiger partial charge is 0.335 e. The first-order valence-corrected chi connectivity index (χ1v) is 30.9. The largest absolute Gasteiger partial charge is 0.479 e. The minimum absolute atomic E-state index is 0.0416. The van der Waals surface area contributed by atoms with E-state index < -0.39 is 67.3 Å². The quantitative estimate of drug-likeness (QED) is 0.0228. The average Bonchev–Trinajstić information content (AvgIpc) is 3.42. The van der Waals surface area contributed by atoms with Crippen LogP contribution in [-0.4, -0.2) is 89.2 Å². The number of carbonyl (C=O) groups excluding carboxylic acids is 3. The number of unbranched alkanes of at least 4 members (excludes halogenated alkanes) is 26. The van der Waals surface area contributed by atoms with E-state index >= 15 is 0 Å². The summed E-state index contributed by atoms with van der Waals surface area (Å²) in [6.45, 7) is 5.82. The number of aliphatic hydroxyl groups is 2. The molecule has 0 spiro atoms. The molecule has 1 saturated heterocycles. The number of allylic oxidation sites excluding steroid dienone is 12. The van der Waals surface area contributed by atoms with Crippen molar-refractivity contribution in [1.29, 1.82) is 0 Å². The highest BCUT2D eigenvalue weighted by Gasteiger charge is 2.50. The second-order valence-electron chi connectivity index (χ2n) is 21.0. The summed E-state index contributed by atoms with van der Waals surface area (Å²) in [6.07, 6.45) is 54.3. The van der Waals surface area contributed by atoms with Gasteiger partial charge in [-0.05, 0) is 83.5 Å². The molecule has 3 N–H and O–H groups in total. The van der Waals surface area contributed by atoms with Crippen LogP contribution in [0.3, 0.4) is 0 Å². The lowest BCUT2D eigenvalue weighted by molar-refractivity contribution is -0.301. The Labute approximate surface area is 468 Å². The van der Waals surface area contributed by atoms with Crippen LogP contribution in [0, 0.1) is 0 Å². The Balaban J connectivity index is 2.67. The molecular formula is C65H110O12. The van der Waals surface area contributed by atoms with Gasteiger partial charge < -0.3 is 39.0 Å². The first-order chi connectivity index (χ1) is 37.6. The number of ether oxygens (including phenoxy) is 5. The third kappa shape index (κ3) is 42.7. The summed E-state index contributed by atoms with van der Waals surface area (Å²) >= 11 is 0. The van der Waals surface area contributed by atoms with Gasteiger partial charge in [-0.3, -0.25) is 14.4 Å². The van der Waals surface area contributed by atoms with Crippen LogP contribution in [-0.2, 0) is 42.9 Å². The van der Waals surface area contributed by atoms with Crippen LogP contribution in [0.4, 0.5) is 0 Å². The second-order valence-corrected chi connectivity index (χ2v) is 21.0. The minimum atomic E-state index is -1.91. The Hall–Kier alpha value is -3.84. The molecule has 12 nitrogen and oxygen atoms in total. The van der Waals surface area contributed by atoms with Gasteiger partial charge in [0.1, 0.15) is 18.8 Å². The molecule has 12 heteroatoms. The van der Waals surface area contributed by atoms with Crippen LogP contribution in [0.5, 0.6) is 0 Å². The summed E-state index contributed by atoms with van der Waals surface area (Å²) in [5.41, 5.74) is 0. The molecule has 1 aliphatic rings. The fourth-order valence-electron chi connectivity index (χ4n) is 9.04. The number of hydrogen-bond donors (Lipinski definition) is 3. The fourth-order valence-corrected chi connectivity index (χ4v) is 9.04. The Morgan fingerprint density at radius 2 is 0.844 bits per heavy atom. The molecule has 0 aromatic rings. The number of carboxylic acid groups (broad SMARTS) is 1. The molecule has 0 radical (unpaired) electrons. The van der Waals surface area contributed by atoms with Crippen LogP contribution >= 0.6 is 0 Å². The molecule has 1 aliphatic heterocycles. The van der Waals surface area contributed by atoms with Crippen molar-refractivity contribution >= 4 is 23.9 Å². The number of hydrogen-bond acceptors (Lipinski definition) is 11. The molecular weight excluding hydrogens is 973 g/mol. The molecule has 1 heterocycles. The summed E-state index contributed by atoms with van der Waals surface area (Å²) in [4.78, 5) is 51.2. The summed E-state index contributed by atoms with van der Waals surface area (Å²) in [7, 11) is 0. The minimum Gasteiger partial charge on any atom is -0.479 e. The highest BCUT2D eigenvalue weighted by Crippen LogP contribution is 2.26. The van der Waals surface area contributed by atoms with Crippen molar-refractivity contribution in [2.45, 2.75) is 302 Å². The fraction of sp³-hybridized carbons (Fsp3) is 0.754. The van der Waals surface area contributed by atoms with Gasteiger partial charge in [0.15, 0.2) is 24.6 Å². The van der Waals surface area contributed by atoms with E-state index in [0.717, 1.165) is 135 Å². The third-order valence-electron chi connectivity index (χ3n) is 13.7. The third-order valence-corrected chi connectivity index (χ3v) is 13.7. The zero-order chi connectivity index (χ0) is 56.1. The van der Waals surface area contributed by atoms with Gasteiger partial charge in [-0.1, -0.05) is 235 Å². The van der Waals surface area contributed by atoms with Crippen LogP contribution in [0.2, 0.25) is 0 Å². The Kier molecular flexibility index (Phi) is 48.8. The topological polar surface area (TPSA) is 175 Å². The van der Waals surface area contributed by atoms with E-state index in [1.165, 1.54) is 70.6 Å². The zero-order valence-corrected chi connectivity index (χ0v) is 48.7. The highest BCUT2D eigenvalue weighted by atomic mass is 16.7. The SMILES string of the molecule is CC/C=C\C/C=C\C/C=C\C/C=C\CCCCCCCCC(=O)OC1C(OCC(COC(=O)CCCCCCCCCCCCCCCCC)OC(=O)CCCCCCC/C=C\C/C=C\CCC)OC(C(=O)O)C(O)C1O. The van der Waals surface area contributed by atoms with Crippen molar-refractivity contribution in [2.75, 3.05) is 13.2 Å². The van der Waals surface area contributed by atoms with Gasteiger partial charge >= 0.3 is 23.9 Å². The van der Waals surface area contributed by atoms with Crippen molar-refractivity contribution in [3.63, 3.8) is 0 Å². The summed E-state index contributed by atoms with van der Waals surface area (Å²) in [5, 5.41) is 31.5. The monoisotopic (exact) mass is 1080 g/mol. The molecule has 0 bridgehead atoms. The Bertz CT molecular complexity index is 1620. The molecule has 0 aliphatic carbocycles. The zero-order valence-electron chi connectivity index (χ0n) is 48.7. The number of carbonyl (C=O) groups is 4. The molecule has 442 valence electrons. The average molecular weight is 1080 g/mol. The number of aliphatic carboxylic acids is 1. The van der Waals surface area contributed by atoms with Crippen molar-refractivity contribution in [1.82, 2.24) is 0 Å². The van der Waals surface area contributed by atoms with Gasteiger partial charge in [-0.25, -0.2) is 4.79 Å². The summed E-state index contributed by atoms with van der Waals surface area (Å²) < 4.78 is 28.5. The molecule has 77 heavy (non-hydrogen) atoms. The van der Waals surface area contributed by atoms with Gasteiger partial charge in [0.05, 0.1) is 6.61 Å². The maximum atomic E-state index is 13.1. The summed E-state index contributed by atoms with van der Waals surface area (Å²) in [6, 6.07) is 0. The molecule has 6 unspecified atom stereocenters. The standard InChI is InChI=1S/C65H110O12/c1-4-7-10-13-16-19-22-25-27-28-29-30-32-35-38-41-44-47-50-53-59(68)76-63-61(70)60(69)62(64(71)72)77-65(63)74-55-56(75-58(67)52-49-46-43-40-37-33-24-21-18-15-12-9-6-3)54-73-57(66)51-48-45-42-39-36-34-31-26-23-20-17-14-11-8-5-2/h7,10,12,15-16,19,21,24-25,27,29-30,56,60-63,65,69-70H,4-6,8-9,11,13-14,17-18,20,22-23,26,28,31-55H2,1-3H3,(H,71,72)/b10-7-,15-12-,19-16-,24-21-,27-25-,30-29-. The van der Waals surface area contributed by atoms with E-state index in [0.29, 0.717) is 19.3 Å².